The minimum Gasteiger partial charge on any atom is -1.00 e. The van der Waals surface area contributed by atoms with Crippen LogP contribution in [0.5, 0.6) is 0 Å². The molecule has 9 heteroatoms. The van der Waals surface area contributed by atoms with E-state index in [0.717, 1.165) is 12.1 Å². The number of carbonyl (C=O) groups is 2. The fraction of sp³-hybridized carbons (Fsp3) is 0. The summed E-state index contributed by atoms with van der Waals surface area (Å²) in [4.78, 5) is 20.4. The zero-order valence-electron chi connectivity index (χ0n) is 9.61. The smallest absolute Gasteiger partial charge is 1.00 e. The van der Waals surface area contributed by atoms with Gasteiger partial charge in [-0.25, -0.2) is 9.59 Å². The summed E-state index contributed by atoms with van der Waals surface area (Å²) in [5.41, 5.74) is -1.17. The van der Waals surface area contributed by atoms with Gasteiger partial charge in [-0.3, -0.25) is 4.55 Å². The molecule has 0 heterocycles. The van der Waals surface area contributed by atoms with E-state index in [9.17, 15) is 18.0 Å². The molecule has 0 amide bonds. The number of aromatic carboxylic acids is 2. The van der Waals surface area contributed by atoms with E-state index in [2.05, 4.69) is 0 Å². The number of carboxylic acids is 2. The van der Waals surface area contributed by atoms with Crippen molar-refractivity contribution in [3.8, 4) is 0 Å². The Morgan fingerprint density at radius 2 is 1.65 bits per heavy atom. The number of carboxylic acid groups (broad SMARTS) is 2. The summed E-state index contributed by atoms with van der Waals surface area (Å²) in [6.07, 6.45) is 0. The third-order valence-electron chi connectivity index (χ3n) is 1.73. The van der Waals surface area contributed by atoms with Gasteiger partial charge >= 0.3 is 41.5 Å². The SMILES string of the molecule is O=C(O)c1ccc(S(=O)(=O)O)c(C(=O)O)c1.[H-].[Na+]. The van der Waals surface area contributed by atoms with Crippen LogP contribution in [0.4, 0.5) is 0 Å². The summed E-state index contributed by atoms with van der Waals surface area (Å²) < 4.78 is 30.3. The first-order chi connectivity index (χ1) is 7.23. The molecule has 1 aromatic carbocycles. The molecule has 0 radical (unpaired) electrons. The summed E-state index contributed by atoms with van der Waals surface area (Å²) in [5.74, 6) is -3.04. The second kappa shape index (κ2) is 5.61. The van der Waals surface area contributed by atoms with Gasteiger partial charge in [-0.05, 0) is 18.2 Å². The molecule has 0 saturated carbocycles. The van der Waals surface area contributed by atoms with Gasteiger partial charge in [0.25, 0.3) is 10.1 Å². The molecular weight excluding hydrogens is 263 g/mol. The molecule has 0 aliphatic carbocycles. The van der Waals surface area contributed by atoms with Gasteiger partial charge in [-0.15, -0.1) is 0 Å². The Labute approximate surface area is 120 Å². The average Bonchev–Trinajstić information content (AvgIpc) is 2.15. The van der Waals surface area contributed by atoms with Crippen molar-refractivity contribution in [2.24, 2.45) is 0 Å². The zero-order chi connectivity index (χ0) is 12.5. The monoisotopic (exact) mass is 270 g/mol. The maximum absolute atomic E-state index is 10.8. The predicted molar refractivity (Wildman–Crippen MR) is 51.3 cm³/mol. The molecule has 0 aliphatic heterocycles. The summed E-state index contributed by atoms with van der Waals surface area (Å²) in [6, 6.07) is 2.27. The first-order valence-corrected chi connectivity index (χ1v) is 5.25. The fourth-order valence-electron chi connectivity index (χ4n) is 1.06. The van der Waals surface area contributed by atoms with Gasteiger partial charge < -0.3 is 11.6 Å². The zero-order valence-corrected chi connectivity index (χ0v) is 11.4. The summed E-state index contributed by atoms with van der Waals surface area (Å²) in [7, 11) is -4.69. The average molecular weight is 270 g/mol. The number of rotatable bonds is 3. The topological polar surface area (TPSA) is 129 Å². The van der Waals surface area contributed by atoms with Crippen LogP contribution in [0.25, 0.3) is 0 Å². The molecule has 0 aliphatic rings. The molecule has 17 heavy (non-hydrogen) atoms. The van der Waals surface area contributed by atoms with Crippen LogP contribution < -0.4 is 29.6 Å². The van der Waals surface area contributed by atoms with E-state index in [0.29, 0.717) is 6.07 Å². The molecule has 0 aromatic heterocycles. The molecule has 3 N–H and O–H groups in total. The molecule has 0 unspecified atom stereocenters. The van der Waals surface area contributed by atoms with Crippen LogP contribution in [0, 0.1) is 0 Å². The van der Waals surface area contributed by atoms with Gasteiger partial charge in [0.15, 0.2) is 0 Å². The maximum atomic E-state index is 10.8. The number of benzene rings is 1. The van der Waals surface area contributed by atoms with Gasteiger partial charge in [0.2, 0.25) is 0 Å². The van der Waals surface area contributed by atoms with Crippen molar-refractivity contribution in [3.05, 3.63) is 29.3 Å². The van der Waals surface area contributed by atoms with E-state index in [4.69, 9.17) is 14.8 Å². The van der Waals surface area contributed by atoms with Crippen molar-refractivity contribution in [2.45, 2.75) is 4.90 Å². The quantitative estimate of drug-likeness (QED) is 0.407. The Morgan fingerprint density at radius 3 is 2.00 bits per heavy atom. The van der Waals surface area contributed by atoms with E-state index >= 15 is 0 Å². The van der Waals surface area contributed by atoms with E-state index < -0.39 is 32.5 Å². The van der Waals surface area contributed by atoms with Crippen molar-refractivity contribution in [2.75, 3.05) is 0 Å². The second-order valence-electron chi connectivity index (χ2n) is 2.80. The van der Waals surface area contributed by atoms with Gasteiger partial charge in [0.1, 0.15) is 4.90 Å². The van der Waals surface area contributed by atoms with Crippen LogP contribution >= 0.6 is 0 Å². The van der Waals surface area contributed by atoms with Crippen molar-refractivity contribution >= 4 is 22.1 Å². The molecule has 0 bridgehead atoms. The van der Waals surface area contributed by atoms with Gasteiger partial charge in [-0.2, -0.15) is 8.42 Å². The minimum absolute atomic E-state index is 0. The summed E-state index contributed by atoms with van der Waals surface area (Å²) in [6.45, 7) is 0. The molecule has 0 spiro atoms. The Balaban J connectivity index is 0. The molecule has 1 rings (SSSR count). The van der Waals surface area contributed by atoms with Crippen LogP contribution in [-0.2, 0) is 10.1 Å². The van der Waals surface area contributed by atoms with Gasteiger partial charge in [0.05, 0.1) is 11.1 Å². The summed E-state index contributed by atoms with van der Waals surface area (Å²) >= 11 is 0. The molecule has 88 valence electrons. The van der Waals surface area contributed by atoms with E-state index in [1.807, 2.05) is 0 Å². The first kappa shape index (κ1) is 16.1. The molecule has 0 atom stereocenters. The van der Waals surface area contributed by atoms with Crippen molar-refractivity contribution < 1.29 is 63.8 Å². The standard InChI is InChI=1S/C8H6O7S.Na.H/c9-7(10)4-1-2-6(16(13,14)15)5(3-4)8(11)12;;/h1-3H,(H,9,10)(H,11,12)(H,13,14,15);;/q;+1;-1. The van der Waals surface area contributed by atoms with Crippen LogP contribution in [0.1, 0.15) is 22.1 Å². The number of hydrogen-bond donors (Lipinski definition) is 3. The second-order valence-corrected chi connectivity index (χ2v) is 4.19. The largest absolute Gasteiger partial charge is 1.00 e. The van der Waals surface area contributed by atoms with Crippen LogP contribution in [0.3, 0.4) is 0 Å². The maximum Gasteiger partial charge on any atom is 1.00 e. The normalized spacial score (nSPS) is 10.4. The third-order valence-corrected chi connectivity index (χ3v) is 2.65. The Hall–Kier alpha value is -0.930. The minimum atomic E-state index is -4.69. The summed E-state index contributed by atoms with van der Waals surface area (Å²) in [5, 5.41) is 17.2. The molecule has 1 aromatic rings. The van der Waals surface area contributed by atoms with Crippen molar-refractivity contribution in [3.63, 3.8) is 0 Å². The predicted octanol–water partition coefficient (Wildman–Crippen LogP) is -2.55. The van der Waals surface area contributed by atoms with Crippen LogP contribution in [0.2, 0.25) is 0 Å². The van der Waals surface area contributed by atoms with Gasteiger partial charge in [0, 0.05) is 0 Å². The Kier molecular flexibility index (Phi) is 5.30. The third kappa shape index (κ3) is 3.79. The van der Waals surface area contributed by atoms with E-state index in [1.165, 1.54) is 0 Å². The fourth-order valence-corrected chi connectivity index (χ4v) is 1.72. The van der Waals surface area contributed by atoms with E-state index in [-0.39, 0.29) is 36.5 Å². The molecule has 0 fully saturated rings. The molecule has 7 nitrogen and oxygen atoms in total. The molecular formula is C8H7NaO7S. The van der Waals surface area contributed by atoms with Gasteiger partial charge in [-0.1, -0.05) is 0 Å². The Bertz CT molecular complexity index is 569. The van der Waals surface area contributed by atoms with E-state index in [1.54, 1.807) is 0 Å². The van der Waals surface area contributed by atoms with Crippen LogP contribution in [0.15, 0.2) is 23.1 Å². The first-order valence-electron chi connectivity index (χ1n) is 3.81. The Morgan fingerprint density at radius 1 is 1.12 bits per heavy atom. The van der Waals surface area contributed by atoms with Crippen molar-refractivity contribution in [1.82, 2.24) is 0 Å². The molecule has 0 saturated heterocycles. The van der Waals surface area contributed by atoms with Crippen LogP contribution in [-0.4, -0.2) is 35.1 Å². The van der Waals surface area contributed by atoms with Crippen molar-refractivity contribution in [1.29, 1.82) is 0 Å². The number of hydrogen-bond acceptors (Lipinski definition) is 4.